The predicted octanol–water partition coefficient (Wildman–Crippen LogP) is 2.59. The molecular formula is C14H21NO2. The molecule has 0 aromatic heterocycles. The zero-order chi connectivity index (χ0) is 12.7. The average molecular weight is 235 g/mol. The van der Waals surface area contributed by atoms with Gasteiger partial charge in [0.15, 0.2) is 0 Å². The van der Waals surface area contributed by atoms with Crippen molar-refractivity contribution in [2.75, 3.05) is 0 Å². The van der Waals surface area contributed by atoms with Crippen molar-refractivity contribution in [3.63, 3.8) is 0 Å². The lowest BCUT2D eigenvalue weighted by Gasteiger charge is -2.24. The summed E-state index contributed by atoms with van der Waals surface area (Å²) in [6.45, 7) is 2.04. The molecule has 0 fully saturated rings. The van der Waals surface area contributed by atoms with Crippen LogP contribution in [0.1, 0.15) is 38.2 Å². The molecule has 0 bridgehead atoms. The van der Waals surface area contributed by atoms with E-state index in [-0.39, 0.29) is 0 Å². The number of hydrogen-bond acceptors (Lipinski definition) is 2. The zero-order valence-corrected chi connectivity index (χ0v) is 10.4. The Hall–Kier alpha value is -1.35. The Kier molecular flexibility index (Phi) is 5.16. The first-order valence-electron chi connectivity index (χ1n) is 6.14. The molecule has 3 heteroatoms. The molecule has 0 aliphatic heterocycles. The van der Waals surface area contributed by atoms with Crippen LogP contribution >= 0.6 is 0 Å². The SMILES string of the molecule is CCCCC(N)(CCc1ccccc1)C(=O)O. The minimum atomic E-state index is -1.08. The molecule has 0 aliphatic rings. The molecule has 0 saturated carbocycles. The second-order valence-corrected chi connectivity index (χ2v) is 4.55. The Labute approximate surface area is 103 Å². The van der Waals surface area contributed by atoms with Crippen molar-refractivity contribution in [1.82, 2.24) is 0 Å². The maximum Gasteiger partial charge on any atom is 0.323 e. The number of carboxylic acids is 1. The molecule has 3 N–H and O–H groups in total. The third kappa shape index (κ3) is 4.19. The number of aryl methyl sites for hydroxylation is 1. The molecule has 0 amide bonds. The van der Waals surface area contributed by atoms with Crippen molar-refractivity contribution in [2.45, 2.75) is 44.6 Å². The van der Waals surface area contributed by atoms with E-state index in [0.717, 1.165) is 18.4 Å². The Morgan fingerprint density at radius 2 is 1.94 bits per heavy atom. The van der Waals surface area contributed by atoms with Crippen LogP contribution in [0.4, 0.5) is 0 Å². The van der Waals surface area contributed by atoms with Crippen LogP contribution in [0.2, 0.25) is 0 Å². The fourth-order valence-electron chi connectivity index (χ4n) is 1.84. The largest absolute Gasteiger partial charge is 0.480 e. The van der Waals surface area contributed by atoms with Gasteiger partial charge in [-0.2, -0.15) is 0 Å². The molecular weight excluding hydrogens is 214 g/mol. The number of unbranched alkanes of at least 4 members (excludes halogenated alkanes) is 1. The highest BCUT2D eigenvalue weighted by molar-refractivity contribution is 5.78. The summed E-state index contributed by atoms with van der Waals surface area (Å²) in [4.78, 5) is 11.2. The number of carboxylic acid groups (broad SMARTS) is 1. The van der Waals surface area contributed by atoms with Gasteiger partial charge in [-0.05, 0) is 24.8 Å². The van der Waals surface area contributed by atoms with Gasteiger partial charge in [-0.25, -0.2) is 0 Å². The summed E-state index contributed by atoms with van der Waals surface area (Å²) in [5, 5.41) is 9.21. The first kappa shape index (κ1) is 13.7. The van der Waals surface area contributed by atoms with Gasteiger partial charge in [0.25, 0.3) is 0 Å². The lowest BCUT2D eigenvalue weighted by Crippen LogP contribution is -2.48. The molecule has 0 saturated heterocycles. The van der Waals surface area contributed by atoms with Gasteiger partial charge in [0.1, 0.15) is 5.54 Å². The normalized spacial score (nSPS) is 14.2. The summed E-state index contributed by atoms with van der Waals surface area (Å²) in [6, 6.07) is 9.87. The maximum absolute atomic E-state index is 11.2. The highest BCUT2D eigenvalue weighted by atomic mass is 16.4. The van der Waals surface area contributed by atoms with E-state index in [9.17, 15) is 9.90 Å². The monoisotopic (exact) mass is 235 g/mol. The van der Waals surface area contributed by atoms with Crippen molar-refractivity contribution < 1.29 is 9.90 Å². The summed E-state index contributed by atoms with van der Waals surface area (Å²) in [6.07, 6.45) is 3.58. The second-order valence-electron chi connectivity index (χ2n) is 4.55. The summed E-state index contributed by atoms with van der Waals surface area (Å²) in [5.74, 6) is -0.887. The van der Waals surface area contributed by atoms with Crippen molar-refractivity contribution in [1.29, 1.82) is 0 Å². The molecule has 1 aromatic rings. The quantitative estimate of drug-likeness (QED) is 0.763. The van der Waals surface area contributed by atoms with Crippen molar-refractivity contribution in [3.05, 3.63) is 35.9 Å². The molecule has 0 radical (unpaired) electrons. The van der Waals surface area contributed by atoms with E-state index in [1.54, 1.807) is 0 Å². The van der Waals surface area contributed by atoms with E-state index in [1.807, 2.05) is 37.3 Å². The molecule has 0 aliphatic carbocycles. The first-order chi connectivity index (χ1) is 8.08. The van der Waals surface area contributed by atoms with Gasteiger partial charge in [-0.3, -0.25) is 4.79 Å². The van der Waals surface area contributed by atoms with Crippen molar-refractivity contribution in [3.8, 4) is 0 Å². The molecule has 1 unspecified atom stereocenters. The van der Waals surface area contributed by atoms with Crippen LogP contribution in [0, 0.1) is 0 Å². The number of hydrogen-bond donors (Lipinski definition) is 2. The predicted molar refractivity (Wildman–Crippen MR) is 68.8 cm³/mol. The fourth-order valence-corrected chi connectivity index (χ4v) is 1.84. The van der Waals surface area contributed by atoms with Crippen LogP contribution in [-0.2, 0) is 11.2 Å². The molecule has 3 nitrogen and oxygen atoms in total. The van der Waals surface area contributed by atoms with Gasteiger partial charge in [0, 0.05) is 0 Å². The molecule has 0 heterocycles. The van der Waals surface area contributed by atoms with E-state index in [4.69, 9.17) is 5.73 Å². The number of nitrogens with two attached hydrogens (primary N) is 1. The number of rotatable bonds is 7. The van der Waals surface area contributed by atoms with Crippen LogP contribution in [0.5, 0.6) is 0 Å². The summed E-state index contributed by atoms with van der Waals surface area (Å²) in [5.41, 5.74) is 6.04. The van der Waals surface area contributed by atoms with Gasteiger partial charge in [0.2, 0.25) is 0 Å². The number of benzene rings is 1. The van der Waals surface area contributed by atoms with Crippen LogP contribution in [0.3, 0.4) is 0 Å². The second kappa shape index (κ2) is 6.40. The fraction of sp³-hybridized carbons (Fsp3) is 0.500. The number of carbonyl (C=O) groups is 1. The average Bonchev–Trinajstić information content (AvgIpc) is 2.35. The van der Waals surface area contributed by atoms with E-state index in [1.165, 1.54) is 0 Å². The molecule has 17 heavy (non-hydrogen) atoms. The Morgan fingerprint density at radius 1 is 1.29 bits per heavy atom. The first-order valence-corrected chi connectivity index (χ1v) is 6.14. The van der Waals surface area contributed by atoms with Crippen LogP contribution in [0.25, 0.3) is 0 Å². The van der Waals surface area contributed by atoms with Gasteiger partial charge < -0.3 is 10.8 Å². The van der Waals surface area contributed by atoms with Crippen LogP contribution < -0.4 is 5.73 Å². The maximum atomic E-state index is 11.2. The smallest absolute Gasteiger partial charge is 0.323 e. The highest BCUT2D eigenvalue weighted by Gasteiger charge is 2.32. The third-order valence-corrected chi connectivity index (χ3v) is 3.10. The molecule has 1 rings (SSSR count). The summed E-state index contributed by atoms with van der Waals surface area (Å²) < 4.78 is 0. The van der Waals surface area contributed by atoms with Crippen molar-refractivity contribution >= 4 is 5.97 Å². The Morgan fingerprint density at radius 3 is 2.47 bits per heavy atom. The van der Waals surface area contributed by atoms with Gasteiger partial charge >= 0.3 is 5.97 Å². The molecule has 1 atom stereocenters. The lowest BCUT2D eigenvalue weighted by molar-refractivity contribution is -0.144. The molecule has 94 valence electrons. The zero-order valence-electron chi connectivity index (χ0n) is 10.4. The Bertz CT molecular complexity index is 350. The summed E-state index contributed by atoms with van der Waals surface area (Å²) in [7, 11) is 0. The van der Waals surface area contributed by atoms with Crippen LogP contribution in [-0.4, -0.2) is 16.6 Å². The molecule has 0 spiro atoms. The topological polar surface area (TPSA) is 63.3 Å². The van der Waals surface area contributed by atoms with E-state index >= 15 is 0 Å². The lowest BCUT2D eigenvalue weighted by atomic mass is 9.87. The standard InChI is InChI=1S/C14H21NO2/c1-2-3-10-14(15,13(16)17)11-9-12-7-5-4-6-8-12/h4-8H,2-3,9-11,15H2,1H3,(H,16,17). The molecule has 1 aromatic carbocycles. The minimum absolute atomic E-state index is 0.492. The van der Waals surface area contributed by atoms with Gasteiger partial charge in [0.05, 0.1) is 0 Å². The van der Waals surface area contributed by atoms with Gasteiger partial charge in [-0.1, -0.05) is 50.1 Å². The van der Waals surface area contributed by atoms with E-state index in [0.29, 0.717) is 19.3 Å². The van der Waals surface area contributed by atoms with Crippen LogP contribution in [0.15, 0.2) is 30.3 Å². The number of aliphatic carboxylic acids is 1. The minimum Gasteiger partial charge on any atom is -0.480 e. The van der Waals surface area contributed by atoms with Crippen molar-refractivity contribution in [2.24, 2.45) is 5.73 Å². The highest BCUT2D eigenvalue weighted by Crippen LogP contribution is 2.19. The van der Waals surface area contributed by atoms with Gasteiger partial charge in [-0.15, -0.1) is 0 Å². The third-order valence-electron chi connectivity index (χ3n) is 3.10. The van der Waals surface area contributed by atoms with E-state index in [2.05, 4.69) is 0 Å². The Balaban J connectivity index is 2.58. The summed E-state index contributed by atoms with van der Waals surface area (Å²) >= 11 is 0. The van der Waals surface area contributed by atoms with E-state index < -0.39 is 11.5 Å².